The molecule has 124 valence electrons. The molecular formula is C17H16FN3O2S. The number of carbonyl (C=O) groups is 1. The molecule has 2 heterocycles. The van der Waals surface area contributed by atoms with Gasteiger partial charge in [0.15, 0.2) is 0 Å². The standard InChI is InChI=1S/C17H16FN3O2S/c1-17(23,15-7-4-8-24-15)11-19-16(22)12-9-20-21(10-12)14-6-3-2-5-13(14)18/h2-10,23H,11H2,1H3,(H,19,22). The summed E-state index contributed by atoms with van der Waals surface area (Å²) < 4.78 is 15.1. The first-order chi connectivity index (χ1) is 11.5. The Balaban J connectivity index is 1.70. The van der Waals surface area contributed by atoms with E-state index in [1.807, 2.05) is 17.5 Å². The third kappa shape index (κ3) is 3.37. The molecule has 0 saturated heterocycles. The first-order valence-corrected chi connectivity index (χ1v) is 8.19. The Hall–Kier alpha value is -2.51. The lowest BCUT2D eigenvalue weighted by molar-refractivity contribution is 0.0557. The normalized spacial score (nSPS) is 13.5. The number of thiophene rings is 1. The Morgan fingerprint density at radius 3 is 2.88 bits per heavy atom. The maximum atomic E-state index is 13.8. The van der Waals surface area contributed by atoms with Gasteiger partial charge in [-0.05, 0) is 30.5 Å². The van der Waals surface area contributed by atoms with Crippen molar-refractivity contribution in [3.05, 3.63) is 70.4 Å². The maximum Gasteiger partial charge on any atom is 0.254 e. The second-order valence-corrected chi connectivity index (χ2v) is 6.51. The molecule has 1 aromatic carbocycles. The number of aliphatic hydroxyl groups is 1. The molecule has 1 unspecified atom stereocenters. The summed E-state index contributed by atoms with van der Waals surface area (Å²) in [5.74, 6) is -0.803. The van der Waals surface area contributed by atoms with Crippen LogP contribution in [-0.4, -0.2) is 27.3 Å². The zero-order valence-electron chi connectivity index (χ0n) is 12.9. The fraction of sp³-hybridized carbons (Fsp3) is 0.176. The minimum absolute atomic E-state index is 0.0667. The molecule has 3 aromatic rings. The van der Waals surface area contributed by atoms with Gasteiger partial charge in [-0.2, -0.15) is 5.10 Å². The molecule has 1 atom stereocenters. The molecule has 0 fully saturated rings. The number of para-hydroxylation sites is 1. The third-order valence-electron chi connectivity index (χ3n) is 3.59. The fourth-order valence-electron chi connectivity index (χ4n) is 2.24. The average molecular weight is 345 g/mol. The number of nitrogens with one attached hydrogen (secondary N) is 1. The number of benzene rings is 1. The van der Waals surface area contributed by atoms with Crippen molar-refractivity contribution >= 4 is 17.2 Å². The minimum Gasteiger partial charge on any atom is -0.383 e. The van der Waals surface area contributed by atoms with Crippen LogP contribution in [0.15, 0.2) is 54.2 Å². The van der Waals surface area contributed by atoms with Gasteiger partial charge in [0, 0.05) is 11.1 Å². The molecular weight excluding hydrogens is 329 g/mol. The highest BCUT2D eigenvalue weighted by Crippen LogP contribution is 2.24. The van der Waals surface area contributed by atoms with Crippen molar-refractivity contribution in [2.45, 2.75) is 12.5 Å². The van der Waals surface area contributed by atoms with E-state index in [9.17, 15) is 14.3 Å². The molecule has 0 aliphatic carbocycles. The Labute approximate surface area is 142 Å². The molecule has 0 spiro atoms. The summed E-state index contributed by atoms with van der Waals surface area (Å²) in [6, 6.07) is 9.84. The molecule has 0 bridgehead atoms. The van der Waals surface area contributed by atoms with E-state index in [0.717, 1.165) is 4.88 Å². The molecule has 1 amide bonds. The van der Waals surface area contributed by atoms with Crippen LogP contribution in [-0.2, 0) is 5.60 Å². The number of amides is 1. The third-order valence-corrected chi connectivity index (χ3v) is 4.71. The van der Waals surface area contributed by atoms with Gasteiger partial charge in [-0.25, -0.2) is 9.07 Å². The van der Waals surface area contributed by atoms with Gasteiger partial charge in [-0.15, -0.1) is 11.3 Å². The molecule has 0 saturated carbocycles. The van der Waals surface area contributed by atoms with Gasteiger partial charge < -0.3 is 10.4 Å². The summed E-state index contributed by atoms with van der Waals surface area (Å²) >= 11 is 1.42. The Bertz CT molecular complexity index is 843. The van der Waals surface area contributed by atoms with E-state index in [1.54, 1.807) is 25.1 Å². The lowest BCUT2D eigenvalue weighted by Crippen LogP contribution is -2.38. The molecule has 0 aliphatic rings. The van der Waals surface area contributed by atoms with E-state index >= 15 is 0 Å². The minimum atomic E-state index is -1.15. The van der Waals surface area contributed by atoms with Crippen LogP contribution in [0, 0.1) is 5.82 Å². The number of hydrogen-bond acceptors (Lipinski definition) is 4. The Kier molecular flexibility index (Phi) is 4.46. The molecule has 5 nitrogen and oxygen atoms in total. The van der Waals surface area contributed by atoms with Crippen LogP contribution >= 0.6 is 11.3 Å². The van der Waals surface area contributed by atoms with Gasteiger partial charge >= 0.3 is 0 Å². The van der Waals surface area contributed by atoms with Gasteiger partial charge in [-0.1, -0.05) is 18.2 Å². The Morgan fingerprint density at radius 1 is 1.38 bits per heavy atom. The number of rotatable bonds is 5. The second-order valence-electron chi connectivity index (χ2n) is 5.56. The molecule has 3 rings (SSSR count). The van der Waals surface area contributed by atoms with E-state index in [4.69, 9.17) is 0 Å². The largest absolute Gasteiger partial charge is 0.383 e. The van der Waals surface area contributed by atoms with Crippen molar-refractivity contribution in [3.8, 4) is 5.69 Å². The van der Waals surface area contributed by atoms with Crippen molar-refractivity contribution in [1.29, 1.82) is 0 Å². The van der Waals surface area contributed by atoms with E-state index < -0.39 is 11.4 Å². The van der Waals surface area contributed by atoms with Crippen molar-refractivity contribution < 1.29 is 14.3 Å². The van der Waals surface area contributed by atoms with Gasteiger partial charge in [0.1, 0.15) is 17.1 Å². The van der Waals surface area contributed by atoms with Crippen molar-refractivity contribution in [2.24, 2.45) is 0 Å². The number of carbonyl (C=O) groups excluding carboxylic acids is 1. The number of hydrogen-bond donors (Lipinski definition) is 2. The van der Waals surface area contributed by atoms with Crippen LogP contribution in [0.2, 0.25) is 0 Å². The van der Waals surface area contributed by atoms with E-state index in [-0.39, 0.29) is 18.1 Å². The maximum absolute atomic E-state index is 13.8. The highest BCUT2D eigenvalue weighted by atomic mass is 32.1. The fourth-order valence-corrected chi connectivity index (χ4v) is 3.02. The van der Waals surface area contributed by atoms with Crippen LogP contribution in [0.5, 0.6) is 0 Å². The van der Waals surface area contributed by atoms with Gasteiger partial charge in [-0.3, -0.25) is 4.79 Å². The van der Waals surface area contributed by atoms with Crippen LogP contribution in [0.25, 0.3) is 5.69 Å². The van der Waals surface area contributed by atoms with Crippen LogP contribution in [0.1, 0.15) is 22.2 Å². The highest BCUT2D eigenvalue weighted by Gasteiger charge is 2.25. The first-order valence-electron chi connectivity index (χ1n) is 7.31. The Morgan fingerprint density at radius 2 is 2.17 bits per heavy atom. The van der Waals surface area contributed by atoms with Crippen molar-refractivity contribution in [2.75, 3.05) is 6.54 Å². The summed E-state index contributed by atoms with van der Waals surface area (Å²) in [6.45, 7) is 1.71. The monoisotopic (exact) mass is 345 g/mol. The number of halogens is 1. The molecule has 2 aromatic heterocycles. The molecule has 24 heavy (non-hydrogen) atoms. The summed E-state index contributed by atoms with van der Waals surface area (Å²) in [4.78, 5) is 13.0. The van der Waals surface area contributed by atoms with E-state index in [2.05, 4.69) is 10.4 Å². The molecule has 2 N–H and O–H groups in total. The predicted molar refractivity (Wildman–Crippen MR) is 89.7 cm³/mol. The first kappa shape index (κ1) is 16.4. The van der Waals surface area contributed by atoms with Crippen molar-refractivity contribution in [3.63, 3.8) is 0 Å². The van der Waals surface area contributed by atoms with Gasteiger partial charge in [0.05, 0.1) is 18.3 Å². The van der Waals surface area contributed by atoms with Crippen molar-refractivity contribution in [1.82, 2.24) is 15.1 Å². The van der Waals surface area contributed by atoms with Crippen LogP contribution in [0.4, 0.5) is 4.39 Å². The van der Waals surface area contributed by atoms with E-state index in [1.165, 1.54) is 34.5 Å². The molecule has 7 heteroatoms. The average Bonchev–Trinajstić information content (AvgIpc) is 3.25. The quantitative estimate of drug-likeness (QED) is 0.747. The SMILES string of the molecule is CC(O)(CNC(=O)c1cnn(-c2ccccc2F)c1)c1cccs1. The molecule has 0 radical (unpaired) electrons. The van der Waals surface area contributed by atoms with Gasteiger partial charge in [0.2, 0.25) is 0 Å². The van der Waals surface area contributed by atoms with Crippen LogP contribution < -0.4 is 5.32 Å². The summed E-state index contributed by atoms with van der Waals surface area (Å²) in [5.41, 5.74) is -0.590. The second kappa shape index (κ2) is 6.54. The lowest BCUT2D eigenvalue weighted by Gasteiger charge is -2.22. The summed E-state index contributed by atoms with van der Waals surface area (Å²) in [5, 5.41) is 19.0. The highest BCUT2D eigenvalue weighted by molar-refractivity contribution is 7.10. The number of nitrogens with zero attached hydrogens (tertiary/aromatic N) is 2. The number of aromatic nitrogens is 2. The predicted octanol–water partition coefficient (Wildman–Crippen LogP) is 2.71. The molecule has 0 aliphatic heterocycles. The zero-order valence-corrected chi connectivity index (χ0v) is 13.8. The van der Waals surface area contributed by atoms with Crippen LogP contribution in [0.3, 0.4) is 0 Å². The summed E-state index contributed by atoms with van der Waals surface area (Å²) in [7, 11) is 0. The van der Waals surface area contributed by atoms with Gasteiger partial charge in [0.25, 0.3) is 5.91 Å². The smallest absolute Gasteiger partial charge is 0.254 e. The topological polar surface area (TPSA) is 67.2 Å². The van der Waals surface area contributed by atoms with E-state index in [0.29, 0.717) is 5.56 Å². The zero-order chi connectivity index (χ0) is 17.2. The lowest BCUT2D eigenvalue weighted by atomic mass is 10.1. The summed E-state index contributed by atoms with van der Waals surface area (Å²) in [6.07, 6.45) is 2.81.